The predicted molar refractivity (Wildman–Crippen MR) is 59.5 cm³/mol. The van der Waals surface area contributed by atoms with E-state index >= 15 is 0 Å². The number of furan rings is 1. The van der Waals surface area contributed by atoms with Gasteiger partial charge in [-0.25, -0.2) is 0 Å². The van der Waals surface area contributed by atoms with Gasteiger partial charge in [0.2, 0.25) is 0 Å². The molecule has 2 aromatic heterocycles. The summed E-state index contributed by atoms with van der Waals surface area (Å²) in [4.78, 5) is 0. The third-order valence-corrected chi connectivity index (χ3v) is 2.22. The molecule has 0 aromatic carbocycles. The van der Waals surface area contributed by atoms with Gasteiger partial charge in [0.15, 0.2) is 0 Å². The van der Waals surface area contributed by atoms with Gasteiger partial charge >= 0.3 is 84.4 Å². The molecule has 0 aliphatic rings. The molecule has 1 nitrogen and oxygen atoms in total. The van der Waals surface area contributed by atoms with E-state index in [4.69, 9.17) is 4.42 Å². The molecule has 0 fully saturated rings. The summed E-state index contributed by atoms with van der Waals surface area (Å²) in [6, 6.07) is 8.19. The Bertz CT molecular complexity index is 392. The first-order valence-electron chi connectivity index (χ1n) is 5.04. The monoisotopic (exact) mass is 184 g/mol. The average Bonchev–Trinajstić information content (AvgIpc) is 2.68. The van der Waals surface area contributed by atoms with Crippen LogP contribution in [0.3, 0.4) is 0 Å². The zero-order chi connectivity index (χ0) is 9.80. The molecule has 0 saturated carbocycles. The van der Waals surface area contributed by atoms with E-state index in [1.165, 1.54) is 0 Å². The summed E-state index contributed by atoms with van der Waals surface area (Å²) in [6.07, 6.45) is 2.15. The van der Waals surface area contributed by atoms with Gasteiger partial charge in [-0.15, -0.1) is 0 Å². The van der Waals surface area contributed by atoms with Crippen molar-refractivity contribution in [2.24, 2.45) is 0 Å². The van der Waals surface area contributed by atoms with Crippen LogP contribution < -0.4 is 0 Å². The van der Waals surface area contributed by atoms with E-state index in [0.717, 1.165) is 29.9 Å². The molecule has 0 spiro atoms. The molecule has 2 heterocycles. The average molecular weight is 184 g/mol. The molecule has 14 heavy (non-hydrogen) atoms. The van der Waals surface area contributed by atoms with Crippen molar-refractivity contribution in [3.63, 3.8) is 0 Å². The second kappa shape index (κ2) is 4.27. The van der Waals surface area contributed by atoms with Crippen molar-refractivity contribution in [2.75, 3.05) is 0 Å². The fourth-order valence-corrected chi connectivity index (χ4v) is 1.52. The number of hydrogen-bond donors (Lipinski definition) is 0. The molecule has 0 amide bonds. The fraction of sp³-hybridized carbons (Fsp3) is 0.250. The van der Waals surface area contributed by atoms with Crippen LogP contribution in [0, 0.1) is 0 Å². The van der Waals surface area contributed by atoms with E-state index in [2.05, 4.69) is 25.0 Å². The van der Waals surface area contributed by atoms with Crippen molar-refractivity contribution in [3.05, 3.63) is 41.9 Å². The SMILES string of the molecule is CCCc1ccc(-c2cbccc2)o1. The van der Waals surface area contributed by atoms with Gasteiger partial charge in [-0.3, -0.25) is 0 Å². The van der Waals surface area contributed by atoms with Crippen LogP contribution in [0.15, 0.2) is 40.6 Å². The Morgan fingerprint density at radius 3 is 2.93 bits per heavy atom. The quantitative estimate of drug-likeness (QED) is 0.713. The summed E-state index contributed by atoms with van der Waals surface area (Å²) in [7, 11) is 0. The van der Waals surface area contributed by atoms with E-state index in [1.807, 2.05) is 25.0 Å². The number of aryl methyl sites for hydroxylation is 1. The summed E-state index contributed by atoms with van der Waals surface area (Å²) in [5.41, 5.74) is 1.15. The molecule has 0 aliphatic heterocycles. The van der Waals surface area contributed by atoms with Crippen molar-refractivity contribution in [1.29, 1.82) is 0 Å². The van der Waals surface area contributed by atoms with E-state index in [0.29, 0.717) is 0 Å². The van der Waals surface area contributed by atoms with E-state index in [1.54, 1.807) is 0 Å². The second-order valence-electron chi connectivity index (χ2n) is 3.38. The van der Waals surface area contributed by atoms with Crippen LogP contribution >= 0.6 is 0 Å². The van der Waals surface area contributed by atoms with Crippen molar-refractivity contribution < 1.29 is 4.42 Å². The Kier molecular flexibility index (Phi) is 2.83. The van der Waals surface area contributed by atoms with Gasteiger partial charge in [0, 0.05) is 0 Å². The van der Waals surface area contributed by atoms with Crippen molar-refractivity contribution in [2.45, 2.75) is 19.8 Å². The second-order valence-corrected chi connectivity index (χ2v) is 3.38. The fourth-order valence-electron chi connectivity index (χ4n) is 1.52. The summed E-state index contributed by atoms with van der Waals surface area (Å²) >= 11 is 0. The molecule has 0 aliphatic carbocycles. The van der Waals surface area contributed by atoms with Crippen LogP contribution in [-0.4, -0.2) is 6.91 Å². The Labute approximate surface area is 85.0 Å². The van der Waals surface area contributed by atoms with Gasteiger partial charge in [0.25, 0.3) is 0 Å². The van der Waals surface area contributed by atoms with Crippen LogP contribution in [0.4, 0.5) is 0 Å². The molecule has 2 heteroatoms. The number of hydrogen-bond acceptors (Lipinski definition) is 1. The first kappa shape index (κ1) is 9.26. The minimum absolute atomic E-state index is 0.967. The maximum absolute atomic E-state index is 5.71. The molecule has 2 aromatic rings. The Morgan fingerprint density at radius 1 is 1.29 bits per heavy atom. The third-order valence-electron chi connectivity index (χ3n) is 2.22. The standard InChI is InChI=1S/C12H13BO/c1-2-4-11-6-7-12(14-11)10-5-3-8-13-9-10/h3,5-9H,2,4H2,1H3. The zero-order valence-electron chi connectivity index (χ0n) is 8.36. The molecule has 0 atom stereocenters. The van der Waals surface area contributed by atoms with Gasteiger partial charge in [0.05, 0.1) is 0 Å². The van der Waals surface area contributed by atoms with Crippen LogP contribution in [0.2, 0.25) is 0 Å². The van der Waals surface area contributed by atoms with Crippen LogP contribution in [0.5, 0.6) is 0 Å². The molecule has 70 valence electrons. The molecular weight excluding hydrogens is 171 g/mol. The first-order valence-corrected chi connectivity index (χ1v) is 5.04. The van der Waals surface area contributed by atoms with Crippen molar-refractivity contribution in [3.8, 4) is 11.3 Å². The van der Waals surface area contributed by atoms with Gasteiger partial charge < -0.3 is 0 Å². The number of rotatable bonds is 3. The Balaban J connectivity index is 2.25. The normalized spacial score (nSPS) is 10.1. The summed E-state index contributed by atoms with van der Waals surface area (Å²) in [5.74, 6) is 6.12. The zero-order valence-corrected chi connectivity index (χ0v) is 8.36. The minimum atomic E-state index is 0.967. The van der Waals surface area contributed by atoms with Gasteiger partial charge in [-0.05, 0) is 0 Å². The van der Waals surface area contributed by atoms with Crippen molar-refractivity contribution >= 4 is 6.91 Å². The van der Waals surface area contributed by atoms with Crippen LogP contribution in [0.1, 0.15) is 19.1 Å². The van der Waals surface area contributed by atoms with Gasteiger partial charge in [-0.1, -0.05) is 0 Å². The topological polar surface area (TPSA) is 13.1 Å². The molecule has 0 bridgehead atoms. The molecule has 0 unspecified atom stereocenters. The molecule has 0 saturated heterocycles. The van der Waals surface area contributed by atoms with Crippen molar-refractivity contribution in [1.82, 2.24) is 0 Å². The summed E-state index contributed by atoms with van der Waals surface area (Å²) in [6.45, 7) is 4.18. The predicted octanol–water partition coefficient (Wildman–Crippen LogP) is 3.24. The van der Waals surface area contributed by atoms with Gasteiger partial charge in [0.1, 0.15) is 0 Å². The Hall–Kier alpha value is -1.31. The summed E-state index contributed by atoms with van der Waals surface area (Å²) in [5, 5.41) is 0. The third kappa shape index (κ3) is 1.95. The van der Waals surface area contributed by atoms with Crippen LogP contribution in [-0.2, 0) is 6.42 Å². The maximum atomic E-state index is 5.71. The van der Waals surface area contributed by atoms with Gasteiger partial charge in [-0.2, -0.15) is 0 Å². The molecule has 0 radical (unpaired) electrons. The van der Waals surface area contributed by atoms with E-state index < -0.39 is 0 Å². The van der Waals surface area contributed by atoms with E-state index in [9.17, 15) is 0 Å². The molecular formula is C12H13BO. The molecule has 2 rings (SSSR count). The van der Waals surface area contributed by atoms with Crippen LogP contribution in [0.25, 0.3) is 11.3 Å². The molecule has 0 N–H and O–H groups in total. The Morgan fingerprint density at radius 2 is 2.21 bits per heavy atom. The van der Waals surface area contributed by atoms with E-state index in [-0.39, 0.29) is 0 Å². The summed E-state index contributed by atoms with van der Waals surface area (Å²) < 4.78 is 5.71. The first-order chi connectivity index (χ1) is 6.90.